The maximum atomic E-state index is 12.2. The van der Waals surface area contributed by atoms with Crippen molar-refractivity contribution >= 4 is 11.9 Å². The van der Waals surface area contributed by atoms with Crippen molar-refractivity contribution < 1.29 is 19.1 Å². The van der Waals surface area contributed by atoms with Gasteiger partial charge in [0, 0.05) is 19.2 Å². The molecule has 0 spiro atoms. The Kier molecular flexibility index (Phi) is 3.85. The molecule has 0 N–H and O–H groups in total. The van der Waals surface area contributed by atoms with Crippen LogP contribution >= 0.6 is 0 Å². The topological polar surface area (TPSA) is 59.1 Å². The molecular formula is C16H18N2O4. The van der Waals surface area contributed by atoms with Crippen LogP contribution in [0.15, 0.2) is 36.0 Å². The number of fused-ring (bicyclic) bond motifs is 1. The van der Waals surface area contributed by atoms with Crippen molar-refractivity contribution in [3.8, 4) is 5.75 Å². The van der Waals surface area contributed by atoms with Crippen molar-refractivity contribution in [2.75, 3.05) is 20.3 Å². The lowest BCUT2D eigenvalue weighted by atomic mass is 9.99. The highest BCUT2D eigenvalue weighted by molar-refractivity contribution is 5.92. The van der Waals surface area contributed by atoms with Crippen molar-refractivity contribution in [2.45, 2.75) is 19.4 Å². The van der Waals surface area contributed by atoms with Crippen molar-refractivity contribution in [3.05, 3.63) is 41.6 Å². The average molecular weight is 302 g/mol. The summed E-state index contributed by atoms with van der Waals surface area (Å²) < 4.78 is 10.3. The Morgan fingerprint density at radius 2 is 2.05 bits per heavy atom. The predicted molar refractivity (Wildman–Crippen MR) is 78.6 cm³/mol. The van der Waals surface area contributed by atoms with Gasteiger partial charge in [0.05, 0.1) is 25.3 Å². The van der Waals surface area contributed by atoms with Gasteiger partial charge in [-0.3, -0.25) is 4.79 Å². The van der Waals surface area contributed by atoms with Gasteiger partial charge in [0.15, 0.2) is 0 Å². The molecule has 1 fully saturated rings. The van der Waals surface area contributed by atoms with E-state index in [-0.39, 0.29) is 17.9 Å². The SMILES string of the molecule is CCOC(=O)C1=CN2C(=O)CCN2C1c1ccc(OC)cc1. The van der Waals surface area contributed by atoms with Crippen LogP contribution in [0.2, 0.25) is 0 Å². The average Bonchev–Trinajstić information content (AvgIpc) is 3.08. The molecule has 0 aliphatic carbocycles. The van der Waals surface area contributed by atoms with Crippen molar-refractivity contribution in [1.82, 2.24) is 10.0 Å². The zero-order chi connectivity index (χ0) is 15.7. The summed E-state index contributed by atoms with van der Waals surface area (Å²) in [4.78, 5) is 24.1. The van der Waals surface area contributed by atoms with Crippen LogP contribution in [0.5, 0.6) is 5.75 Å². The van der Waals surface area contributed by atoms with E-state index in [2.05, 4.69) is 0 Å². The Labute approximate surface area is 128 Å². The number of hydrazine groups is 1. The lowest BCUT2D eigenvalue weighted by Crippen LogP contribution is -2.33. The fourth-order valence-corrected chi connectivity index (χ4v) is 2.85. The third kappa shape index (κ3) is 2.35. The summed E-state index contributed by atoms with van der Waals surface area (Å²) in [6, 6.07) is 7.21. The summed E-state index contributed by atoms with van der Waals surface area (Å²) in [5.41, 5.74) is 1.41. The van der Waals surface area contributed by atoms with Gasteiger partial charge in [0.1, 0.15) is 5.75 Å². The molecule has 0 radical (unpaired) electrons. The largest absolute Gasteiger partial charge is 0.497 e. The molecule has 0 bridgehead atoms. The second-order valence-electron chi connectivity index (χ2n) is 5.13. The molecule has 2 heterocycles. The number of nitrogens with zero attached hydrogens (tertiary/aromatic N) is 2. The lowest BCUT2D eigenvalue weighted by molar-refractivity contribution is -0.139. The molecule has 6 nitrogen and oxygen atoms in total. The molecule has 0 aromatic heterocycles. The van der Waals surface area contributed by atoms with Crippen LogP contribution in [0.3, 0.4) is 0 Å². The summed E-state index contributed by atoms with van der Waals surface area (Å²) in [6.45, 7) is 2.66. The fourth-order valence-electron chi connectivity index (χ4n) is 2.85. The van der Waals surface area contributed by atoms with E-state index in [1.165, 1.54) is 5.01 Å². The van der Waals surface area contributed by atoms with Crippen LogP contribution in [0.25, 0.3) is 0 Å². The zero-order valence-corrected chi connectivity index (χ0v) is 12.6. The van der Waals surface area contributed by atoms with E-state index in [1.54, 1.807) is 20.2 Å². The molecule has 6 heteroatoms. The van der Waals surface area contributed by atoms with E-state index < -0.39 is 0 Å². The van der Waals surface area contributed by atoms with E-state index in [1.807, 2.05) is 29.3 Å². The highest BCUT2D eigenvalue weighted by Crippen LogP contribution is 2.39. The summed E-state index contributed by atoms with van der Waals surface area (Å²) in [5, 5.41) is 3.43. The monoisotopic (exact) mass is 302 g/mol. The molecule has 1 saturated heterocycles. The Morgan fingerprint density at radius 3 is 2.68 bits per heavy atom. The Balaban J connectivity index is 1.96. The van der Waals surface area contributed by atoms with Crippen LogP contribution in [-0.2, 0) is 14.3 Å². The summed E-state index contributed by atoms with van der Waals surface area (Å²) in [5.74, 6) is 0.362. The number of methoxy groups -OCH3 is 1. The second kappa shape index (κ2) is 5.81. The minimum atomic E-state index is -0.384. The van der Waals surface area contributed by atoms with Gasteiger partial charge < -0.3 is 9.47 Å². The molecular weight excluding hydrogens is 284 g/mol. The first-order valence-electron chi connectivity index (χ1n) is 7.27. The van der Waals surface area contributed by atoms with Gasteiger partial charge >= 0.3 is 5.97 Å². The van der Waals surface area contributed by atoms with Crippen molar-refractivity contribution in [1.29, 1.82) is 0 Å². The molecule has 116 valence electrons. The van der Waals surface area contributed by atoms with Crippen molar-refractivity contribution in [3.63, 3.8) is 0 Å². The molecule has 2 aliphatic rings. The first-order chi connectivity index (χ1) is 10.7. The number of hydrogen-bond donors (Lipinski definition) is 0. The minimum absolute atomic E-state index is 0.00203. The number of hydrogen-bond acceptors (Lipinski definition) is 5. The summed E-state index contributed by atoms with van der Waals surface area (Å²) in [7, 11) is 1.61. The van der Waals surface area contributed by atoms with Crippen LogP contribution in [0, 0.1) is 0 Å². The standard InChI is InChI=1S/C16H18N2O4/c1-3-22-16(20)13-10-18-14(19)8-9-17(18)15(13)11-4-6-12(21-2)7-5-11/h4-7,10,15H,3,8-9H2,1-2H3. The second-order valence-corrected chi connectivity index (χ2v) is 5.13. The highest BCUT2D eigenvalue weighted by atomic mass is 16.5. The van der Waals surface area contributed by atoms with Gasteiger partial charge in [0.25, 0.3) is 0 Å². The van der Waals surface area contributed by atoms with E-state index in [0.717, 1.165) is 11.3 Å². The molecule has 1 aromatic rings. The molecule has 1 aromatic carbocycles. The molecule has 3 rings (SSSR count). The third-order valence-corrected chi connectivity index (χ3v) is 3.88. The number of carbonyl (C=O) groups is 2. The summed E-state index contributed by atoms with van der Waals surface area (Å²) >= 11 is 0. The zero-order valence-electron chi connectivity index (χ0n) is 12.6. The van der Waals surface area contributed by atoms with Gasteiger partial charge in [-0.2, -0.15) is 0 Å². The third-order valence-electron chi connectivity index (χ3n) is 3.88. The normalized spacial score (nSPS) is 20.8. The number of esters is 1. The van der Waals surface area contributed by atoms with Gasteiger partial charge in [-0.05, 0) is 24.6 Å². The van der Waals surface area contributed by atoms with Crippen LogP contribution in [0.4, 0.5) is 0 Å². The van der Waals surface area contributed by atoms with Crippen LogP contribution in [-0.4, -0.2) is 42.2 Å². The molecule has 1 atom stereocenters. The Hall–Kier alpha value is -2.34. The molecule has 22 heavy (non-hydrogen) atoms. The van der Waals surface area contributed by atoms with E-state index >= 15 is 0 Å². The molecule has 1 unspecified atom stereocenters. The number of amides is 1. The number of ether oxygens (including phenoxy) is 2. The first kappa shape index (κ1) is 14.6. The minimum Gasteiger partial charge on any atom is -0.497 e. The lowest BCUT2D eigenvalue weighted by Gasteiger charge is -2.26. The summed E-state index contributed by atoms with van der Waals surface area (Å²) in [6.07, 6.45) is 2.06. The maximum Gasteiger partial charge on any atom is 0.337 e. The molecule has 1 amide bonds. The maximum absolute atomic E-state index is 12.2. The van der Waals surface area contributed by atoms with Crippen molar-refractivity contribution in [2.24, 2.45) is 0 Å². The van der Waals surface area contributed by atoms with Gasteiger partial charge in [-0.25, -0.2) is 14.8 Å². The van der Waals surface area contributed by atoms with E-state index in [4.69, 9.17) is 9.47 Å². The Morgan fingerprint density at radius 1 is 1.32 bits per heavy atom. The van der Waals surface area contributed by atoms with Crippen LogP contribution < -0.4 is 4.74 Å². The number of rotatable bonds is 4. The number of carbonyl (C=O) groups excluding carboxylic acids is 2. The fraction of sp³-hybridized carbons (Fsp3) is 0.375. The van der Waals surface area contributed by atoms with Gasteiger partial charge in [-0.1, -0.05) is 12.1 Å². The molecule has 2 aliphatic heterocycles. The van der Waals surface area contributed by atoms with Crippen LogP contribution in [0.1, 0.15) is 24.9 Å². The number of benzene rings is 1. The van der Waals surface area contributed by atoms with Gasteiger partial charge in [-0.15, -0.1) is 0 Å². The van der Waals surface area contributed by atoms with Gasteiger partial charge in [0.2, 0.25) is 5.91 Å². The quantitative estimate of drug-likeness (QED) is 0.792. The molecule has 0 saturated carbocycles. The van der Waals surface area contributed by atoms with E-state index in [9.17, 15) is 9.59 Å². The van der Waals surface area contributed by atoms with E-state index in [0.29, 0.717) is 25.1 Å². The smallest absolute Gasteiger partial charge is 0.337 e. The Bertz CT molecular complexity index is 624. The predicted octanol–water partition coefficient (Wildman–Crippen LogP) is 1.65. The highest BCUT2D eigenvalue weighted by Gasteiger charge is 2.44. The first-order valence-corrected chi connectivity index (χ1v) is 7.27.